The van der Waals surface area contributed by atoms with E-state index in [1.54, 1.807) is 0 Å². The number of hydrogen-bond acceptors (Lipinski definition) is 3. The second-order valence-corrected chi connectivity index (χ2v) is 5.77. The third kappa shape index (κ3) is 5.88. The number of benzene rings is 1. The fourth-order valence-corrected chi connectivity index (χ4v) is 2.30. The van der Waals surface area contributed by atoms with Crippen LogP contribution < -0.4 is 10.1 Å². The van der Waals surface area contributed by atoms with Gasteiger partial charge in [0.05, 0.1) is 0 Å². The molecule has 1 aromatic carbocycles. The molecule has 1 amide bonds. The predicted molar refractivity (Wildman–Crippen MR) is 97.1 cm³/mol. The van der Waals surface area contributed by atoms with Crippen molar-refractivity contribution in [2.75, 3.05) is 0 Å². The number of aromatic nitrogens is 1. The second kappa shape index (κ2) is 8.87. The van der Waals surface area contributed by atoms with Crippen LogP contribution in [0, 0.1) is 0 Å². The van der Waals surface area contributed by atoms with Gasteiger partial charge in [-0.1, -0.05) is 43.7 Å². The molecule has 126 valence electrons. The molecule has 0 saturated carbocycles. The van der Waals surface area contributed by atoms with Gasteiger partial charge in [0.1, 0.15) is 5.75 Å². The average molecular weight is 324 g/mol. The van der Waals surface area contributed by atoms with Crippen LogP contribution in [0.25, 0.3) is 6.08 Å². The molecule has 0 fully saturated rings. The van der Waals surface area contributed by atoms with Crippen molar-refractivity contribution in [3.8, 4) is 11.6 Å². The van der Waals surface area contributed by atoms with Gasteiger partial charge in [0.2, 0.25) is 11.8 Å². The van der Waals surface area contributed by atoms with Crippen LogP contribution in [0.1, 0.15) is 38.3 Å². The lowest BCUT2D eigenvalue weighted by atomic mass is 10.1. The normalized spacial score (nSPS) is 12.1. The Labute approximate surface area is 143 Å². The summed E-state index contributed by atoms with van der Waals surface area (Å²) in [5, 5.41) is 2.81. The summed E-state index contributed by atoms with van der Waals surface area (Å²) in [7, 11) is 0. The highest BCUT2D eigenvalue weighted by Crippen LogP contribution is 2.20. The maximum absolute atomic E-state index is 11.0. The lowest BCUT2D eigenvalue weighted by Crippen LogP contribution is -2.28. The van der Waals surface area contributed by atoms with Gasteiger partial charge in [0, 0.05) is 25.2 Å². The van der Waals surface area contributed by atoms with E-state index in [1.807, 2.05) is 61.7 Å². The van der Waals surface area contributed by atoms with E-state index in [1.165, 1.54) is 12.5 Å². The van der Waals surface area contributed by atoms with Crippen LogP contribution in [0.2, 0.25) is 0 Å². The van der Waals surface area contributed by atoms with Crippen LogP contribution in [-0.4, -0.2) is 16.9 Å². The third-order valence-corrected chi connectivity index (χ3v) is 3.45. The Hall–Kier alpha value is -2.62. The van der Waals surface area contributed by atoms with Gasteiger partial charge >= 0.3 is 0 Å². The molecule has 1 atom stereocenters. The molecular formula is C20H24N2O2. The number of carbonyl (C=O) groups excluding carboxylic acids is 1. The lowest BCUT2D eigenvalue weighted by Gasteiger charge is -2.07. The molecule has 4 nitrogen and oxygen atoms in total. The van der Waals surface area contributed by atoms with Crippen LogP contribution >= 0.6 is 0 Å². The minimum atomic E-state index is -0.0339. The number of rotatable bonds is 7. The van der Waals surface area contributed by atoms with E-state index >= 15 is 0 Å². The fourth-order valence-electron chi connectivity index (χ4n) is 2.30. The molecule has 1 aromatic heterocycles. The molecule has 0 bridgehead atoms. The Kier molecular flexibility index (Phi) is 6.55. The first-order chi connectivity index (χ1) is 11.6. The van der Waals surface area contributed by atoms with E-state index in [9.17, 15) is 4.79 Å². The number of nitrogens with zero attached hydrogens (tertiary/aromatic N) is 1. The van der Waals surface area contributed by atoms with Crippen molar-refractivity contribution in [3.63, 3.8) is 0 Å². The largest absolute Gasteiger partial charge is 0.439 e. The topological polar surface area (TPSA) is 51.2 Å². The molecule has 1 heterocycles. The van der Waals surface area contributed by atoms with Crippen LogP contribution in [0.3, 0.4) is 0 Å². The minimum absolute atomic E-state index is 0.00395. The second-order valence-electron chi connectivity index (χ2n) is 5.77. The number of amides is 1. The zero-order valence-electron chi connectivity index (χ0n) is 14.5. The van der Waals surface area contributed by atoms with E-state index in [0.29, 0.717) is 5.88 Å². The molecule has 2 aromatic rings. The Morgan fingerprint density at radius 3 is 2.58 bits per heavy atom. The molecule has 0 saturated heterocycles. The van der Waals surface area contributed by atoms with E-state index in [-0.39, 0.29) is 11.9 Å². The minimum Gasteiger partial charge on any atom is -0.439 e. The highest BCUT2D eigenvalue weighted by molar-refractivity contribution is 5.73. The van der Waals surface area contributed by atoms with Crippen molar-refractivity contribution in [1.29, 1.82) is 0 Å². The van der Waals surface area contributed by atoms with Crippen LogP contribution in [0.5, 0.6) is 11.6 Å². The number of pyridine rings is 1. The van der Waals surface area contributed by atoms with Crippen molar-refractivity contribution in [1.82, 2.24) is 10.3 Å². The summed E-state index contributed by atoms with van der Waals surface area (Å²) in [6.45, 7) is 5.60. The molecule has 0 unspecified atom stereocenters. The summed E-state index contributed by atoms with van der Waals surface area (Å²) in [4.78, 5) is 15.3. The van der Waals surface area contributed by atoms with Gasteiger partial charge in [-0.2, -0.15) is 0 Å². The van der Waals surface area contributed by atoms with Crippen LogP contribution in [0.4, 0.5) is 0 Å². The van der Waals surface area contributed by atoms with Crippen molar-refractivity contribution < 1.29 is 9.53 Å². The van der Waals surface area contributed by atoms with E-state index in [0.717, 1.165) is 24.2 Å². The monoisotopic (exact) mass is 324 g/mol. The predicted octanol–water partition coefficient (Wildman–Crippen LogP) is 4.36. The maximum Gasteiger partial charge on any atom is 0.219 e. The number of aryl methyl sites for hydroxylation is 1. The Morgan fingerprint density at radius 2 is 2.00 bits per heavy atom. The SMILES string of the molecule is CCCc1ccc(Oc2ccc(/C=C/[C@H](C)NC(C)=O)cc2)nc1. The number of ether oxygens (including phenoxy) is 1. The van der Waals surface area contributed by atoms with Crippen molar-refractivity contribution >= 4 is 12.0 Å². The Bertz CT molecular complexity index is 676. The standard InChI is InChI=1S/C20H24N2O2/c1-4-5-18-10-13-20(21-14-18)24-19-11-8-17(9-12-19)7-6-15(2)22-16(3)23/h6-15H,4-5H2,1-3H3,(H,22,23)/b7-6+/t15-/m0/s1. The number of hydrogen-bond donors (Lipinski definition) is 1. The smallest absolute Gasteiger partial charge is 0.219 e. The first-order valence-electron chi connectivity index (χ1n) is 8.25. The van der Waals surface area contributed by atoms with Gasteiger partial charge in [-0.15, -0.1) is 0 Å². The maximum atomic E-state index is 11.0. The molecule has 0 aliphatic heterocycles. The molecule has 0 aliphatic rings. The van der Waals surface area contributed by atoms with Gasteiger partial charge in [0.15, 0.2) is 0 Å². The summed E-state index contributed by atoms with van der Waals surface area (Å²) in [6.07, 6.45) is 7.93. The van der Waals surface area contributed by atoms with E-state index in [2.05, 4.69) is 17.2 Å². The van der Waals surface area contributed by atoms with Gasteiger partial charge in [0.25, 0.3) is 0 Å². The molecule has 0 radical (unpaired) electrons. The van der Waals surface area contributed by atoms with Crippen LogP contribution in [0.15, 0.2) is 48.7 Å². The number of carbonyl (C=O) groups is 1. The molecule has 4 heteroatoms. The van der Waals surface area contributed by atoms with E-state index < -0.39 is 0 Å². The quantitative estimate of drug-likeness (QED) is 0.823. The average Bonchev–Trinajstić information content (AvgIpc) is 2.56. The Morgan fingerprint density at radius 1 is 1.25 bits per heavy atom. The fraction of sp³-hybridized carbons (Fsp3) is 0.300. The van der Waals surface area contributed by atoms with Crippen LogP contribution in [-0.2, 0) is 11.2 Å². The van der Waals surface area contributed by atoms with Gasteiger partial charge in [-0.3, -0.25) is 4.79 Å². The molecule has 24 heavy (non-hydrogen) atoms. The third-order valence-electron chi connectivity index (χ3n) is 3.45. The summed E-state index contributed by atoms with van der Waals surface area (Å²) in [6, 6.07) is 11.7. The molecular weight excluding hydrogens is 300 g/mol. The zero-order valence-corrected chi connectivity index (χ0v) is 14.5. The molecule has 1 N–H and O–H groups in total. The van der Waals surface area contributed by atoms with Gasteiger partial charge in [-0.25, -0.2) is 4.98 Å². The molecule has 0 spiro atoms. The molecule has 0 aliphatic carbocycles. The summed E-state index contributed by atoms with van der Waals surface area (Å²) < 4.78 is 5.75. The number of nitrogens with one attached hydrogen (secondary N) is 1. The van der Waals surface area contributed by atoms with Gasteiger partial charge < -0.3 is 10.1 Å². The zero-order chi connectivity index (χ0) is 17.4. The van der Waals surface area contributed by atoms with Crippen molar-refractivity contribution in [2.24, 2.45) is 0 Å². The van der Waals surface area contributed by atoms with Gasteiger partial charge in [-0.05, 0) is 36.6 Å². The lowest BCUT2D eigenvalue weighted by molar-refractivity contribution is -0.119. The highest BCUT2D eigenvalue weighted by Gasteiger charge is 2.00. The summed E-state index contributed by atoms with van der Waals surface area (Å²) >= 11 is 0. The summed E-state index contributed by atoms with van der Waals surface area (Å²) in [5.74, 6) is 1.31. The van der Waals surface area contributed by atoms with Crippen molar-refractivity contribution in [2.45, 2.75) is 39.7 Å². The Balaban J connectivity index is 1.94. The first-order valence-corrected chi connectivity index (χ1v) is 8.25. The van der Waals surface area contributed by atoms with Crippen molar-refractivity contribution in [3.05, 3.63) is 59.8 Å². The first kappa shape index (κ1) is 17.7. The molecule has 2 rings (SSSR count). The summed E-state index contributed by atoms with van der Waals surface area (Å²) in [5.41, 5.74) is 2.27. The highest BCUT2D eigenvalue weighted by atomic mass is 16.5. The van der Waals surface area contributed by atoms with E-state index in [4.69, 9.17) is 4.74 Å².